The summed E-state index contributed by atoms with van der Waals surface area (Å²) in [6.45, 7) is 10.6. The van der Waals surface area contributed by atoms with Crippen molar-refractivity contribution in [2.75, 3.05) is 19.1 Å². The fraction of sp³-hybridized carbons (Fsp3) is 0.609. The number of hydrogen-bond acceptors (Lipinski definition) is 6. The van der Waals surface area contributed by atoms with Crippen LogP contribution in [0.3, 0.4) is 0 Å². The number of amides is 3. The van der Waals surface area contributed by atoms with Gasteiger partial charge >= 0.3 is 6.09 Å². The number of likely N-dealkylation sites (N-methyl/N-ethyl adjacent to an activating group) is 1. The lowest BCUT2D eigenvalue weighted by molar-refractivity contribution is -0.141. The summed E-state index contributed by atoms with van der Waals surface area (Å²) in [4.78, 5) is 40.2. The SMILES string of the molecule is CSCCC(NC(=O)OC(C)(C)C)C(=O)N(C)C(C(=O)NC(C)C)c1ccc(O)c(C)c1. The van der Waals surface area contributed by atoms with Crippen LogP contribution in [0.25, 0.3) is 0 Å². The van der Waals surface area contributed by atoms with Gasteiger partial charge in [-0.15, -0.1) is 0 Å². The topological polar surface area (TPSA) is 108 Å². The highest BCUT2D eigenvalue weighted by atomic mass is 32.2. The molecule has 3 amide bonds. The van der Waals surface area contributed by atoms with Crippen LogP contribution in [0.15, 0.2) is 18.2 Å². The van der Waals surface area contributed by atoms with E-state index >= 15 is 0 Å². The summed E-state index contributed by atoms with van der Waals surface area (Å²) >= 11 is 1.55. The second-order valence-electron chi connectivity index (χ2n) is 9.04. The predicted molar refractivity (Wildman–Crippen MR) is 128 cm³/mol. The molecule has 0 bridgehead atoms. The molecule has 1 aromatic rings. The Balaban J connectivity index is 3.25. The zero-order chi connectivity index (χ0) is 24.6. The largest absolute Gasteiger partial charge is 0.508 e. The first-order chi connectivity index (χ1) is 14.8. The molecule has 1 aromatic carbocycles. The zero-order valence-corrected chi connectivity index (χ0v) is 21.1. The van der Waals surface area contributed by atoms with E-state index in [1.807, 2.05) is 20.1 Å². The van der Waals surface area contributed by atoms with Gasteiger partial charge in [0.1, 0.15) is 23.4 Å². The van der Waals surface area contributed by atoms with Crippen molar-refractivity contribution >= 4 is 29.7 Å². The van der Waals surface area contributed by atoms with Crippen LogP contribution in [0.4, 0.5) is 4.79 Å². The van der Waals surface area contributed by atoms with Crippen molar-refractivity contribution < 1.29 is 24.2 Å². The second kappa shape index (κ2) is 12.0. The molecule has 32 heavy (non-hydrogen) atoms. The summed E-state index contributed by atoms with van der Waals surface area (Å²) < 4.78 is 5.32. The number of aromatic hydroxyl groups is 1. The van der Waals surface area contributed by atoms with Gasteiger partial charge in [0.2, 0.25) is 11.8 Å². The van der Waals surface area contributed by atoms with Gasteiger partial charge in [0.15, 0.2) is 0 Å². The number of thioether (sulfide) groups is 1. The zero-order valence-electron chi connectivity index (χ0n) is 20.3. The molecule has 0 saturated heterocycles. The summed E-state index contributed by atoms with van der Waals surface area (Å²) in [5, 5.41) is 15.4. The van der Waals surface area contributed by atoms with E-state index in [-0.39, 0.29) is 17.7 Å². The average molecular weight is 468 g/mol. The Morgan fingerprint density at radius 3 is 2.31 bits per heavy atom. The standard InChI is InChI=1S/C23H37N3O5S/c1-14(2)24-20(28)19(16-9-10-18(27)15(3)13-16)26(7)21(29)17(11-12-32-8)25-22(30)31-23(4,5)6/h9-10,13-14,17,19,27H,11-12H2,1-8H3,(H,24,28)(H,25,30). The van der Waals surface area contributed by atoms with Gasteiger partial charge in [-0.2, -0.15) is 11.8 Å². The van der Waals surface area contributed by atoms with Crippen molar-refractivity contribution in [2.24, 2.45) is 0 Å². The third-order valence-corrected chi connectivity index (χ3v) is 5.19. The monoisotopic (exact) mass is 467 g/mol. The molecule has 0 saturated carbocycles. The maximum absolute atomic E-state index is 13.4. The summed E-state index contributed by atoms with van der Waals surface area (Å²) in [5.74, 6) is -0.00198. The van der Waals surface area contributed by atoms with Crippen LogP contribution in [-0.4, -0.2) is 64.7 Å². The Kier molecular flexibility index (Phi) is 10.3. The lowest BCUT2D eigenvalue weighted by atomic mass is 10.0. The molecule has 9 heteroatoms. The summed E-state index contributed by atoms with van der Waals surface area (Å²) in [6, 6.07) is 2.90. The molecule has 0 aliphatic carbocycles. The maximum Gasteiger partial charge on any atom is 0.408 e. The predicted octanol–water partition coefficient (Wildman–Crippen LogP) is 3.37. The number of nitrogens with one attached hydrogen (secondary N) is 2. The van der Waals surface area contributed by atoms with Crippen molar-refractivity contribution in [1.82, 2.24) is 15.5 Å². The number of hydrogen-bond donors (Lipinski definition) is 3. The molecule has 0 aliphatic rings. The number of rotatable bonds is 9. The van der Waals surface area contributed by atoms with E-state index in [1.54, 1.807) is 51.6 Å². The molecule has 3 N–H and O–H groups in total. The number of ether oxygens (including phenoxy) is 1. The van der Waals surface area contributed by atoms with Crippen molar-refractivity contribution in [3.8, 4) is 5.75 Å². The van der Waals surface area contributed by atoms with E-state index in [9.17, 15) is 19.5 Å². The van der Waals surface area contributed by atoms with E-state index in [2.05, 4.69) is 10.6 Å². The minimum absolute atomic E-state index is 0.107. The molecule has 0 aromatic heterocycles. The lowest BCUT2D eigenvalue weighted by Gasteiger charge is -2.32. The van der Waals surface area contributed by atoms with Gasteiger partial charge in [0, 0.05) is 13.1 Å². The minimum Gasteiger partial charge on any atom is -0.508 e. The van der Waals surface area contributed by atoms with Crippen LogP contribution in [0.2, 0.25) is 0 Å². The summed E-state index contributed by atoms with van der Waals surface area (Å²) in [6.07, 6.45) is 1.61. The fourth-order valence-electron chi connectivity index (χ4n) is 3.08. The molecule has 1 rings (SSSR count). The molecule has 2 atom stereocenters. The first kappa shape index (κ1) is 27.6. The van der Waals surface area contributed by atoms with E-state index in [0.717, 1.165) is 0 Å². The van der Waals surface area contributed by atoms with Gasteiger partial charge in [0.05, 0.1) is 0 Å². The molecule has 0 aliphatic heterocycles. The van der Waals surface area contributed by atoms with Crippen molar-refractivity contribution in [1.29, 1.82) is 0 Å². The number of aryl methyl sites for hydroxylation is 1. The normalized spacial score (nSPS) is 13.3. The Hall–Kier alpha value is -2.42. The van der Waals surface area contributed by atoms with Crippen LogP contribution in [0, 0.1) is 6.92 Å². The second-order valence-corrected chi connectivity index (χ2v) is 10.0. The van der Waals surface area contributed by atoms with Gasteiger partial charge < -0.3 is 25.4 Å². The van der Waals surface area contributed by atoms with E-state index in [0.29, 0.717) is 23.3 Å². The Morgan fingerprint density at radius 1 is 1.19 bits per heavy atom. The molecule has 0 fully saturated rings. The molecule has 8 nitrogen and oxygen atoms in total. The van der Waals surface area contributed by atoms with Crippen molar-refractivity contribution in [2.45, 2.75) is 71.7 Å². The van der Waals surface area contributed by atoms with Crippen LogP contribution in [0.5, 0.6) is 5.75 Å². The number of benzene rings is 1. The fourth-order valence-corrected chi connectivity index (χ4v) is 3.55. The minimum atomic E-state index is -0.929. The number of carbonyl (C=O) groups is 3. The van der Waals surface area contributed by atoms with Gasteiger partial charge in [-0.3, -0.25) is 9.59 Å². The highest BCUT2D eigenvalue weighted by Crippen LogP contribution is 2.26. The molecular formula is C23H37N3O5S. The first-order valence-corrected chi connectivity index (χ1v) is 12.0. The smallest absolute Gasteiger partial charge is 0.408 e. The molecule has 0 heterocycles. The molecule has 180 valence electrons. The number of alkyl carbamates (subject to hydrolysis) is 1. The average Bonchev–Trinajstić information content (AvgIpc) is 2.65. The Morgan fingerprint density at radius 2 is 1.81 bits per heavy atom. The molecular weight excluding hydrogens is 430 g/mol. The van der Waals surface area contributed by atoms with Crippen molar-refractivity contribution in [3.05, 3.63) is 29.3 Å². The van der Waals surface area contributed by atoms with Crippen LogP contribution in [0.1, 0.15) is 58.2 Å². The molecule has 2 unspecified atom stereocenters. The van der Waals surface area contributed by atoms with Gasteiger partial charge in [0.25, 0.3) is 0 Å². The number of carbonyl (C=O) groups excluding carboxylic acids is 3. The quantitative estimate of drug-likeness (QED) is 0.514. The van der Waals surface area contributed by atoms with Gasteiger partial charge in [-0.1, -0.05) is 6.07 Å². The molecule has 0 spiro atoms. The van der Waals surface area contributed by atoms with Gasteiger partial charge in [-0.05, 0) is 83.2 Å². The number of phenols is 1. The first-order valence-electron chi connectivity index (χ1n) is 10.6. The van der Waals surface area contributed by atoms with E-state index in [4.69, 9.17) is 4.74 Å². The Labute approximate surface area is 195 Å². The molecule has 0 radical (unpaired) electrons. The lowest BCUT2D eigenvalue weighted by Crippen LogP contribution is -2.52. The van der Waals surface area contributed by atoms with E-state index < -0.39 is 29.7 Å². The van der Waals surface area contributed by atoms with Crippen LogP contribution >= 0.6 is 11.8 Å². The maximum atomic E-state index is 13.4. The highest BCUT2D eigenvalue weighted by molar-refractivity contribution is 7.98. The van der Waals surface area contributed by atoms with Gasteiger partial charge in [-0.25, -0.2) is 4.79 Å². The van der Waals surface area contributed by atoms with Crippen LogP contribution < -0.4 is 10.6 Å². The third-order valence-electron chi connectivity index (χ3n) is 4.55. The summed E-state index contributed by atoms with van der Waals surface area (Å²) in [7, 11) is 1.54. The van der Waals surface area contributed by atoms with Crippen molar-refractivity contribution in [3.63, 3.8) is 0 Å². The van der Waals surface area contributed by atoms with Crippen LogP contribution in [-0.2, 0) is 14.3 Å². The highest BCUT2D eigenvalue weighted by Gasteiger charge is 2.34. The summed E-state index contributed by atoms with van der Waals surface area (Å²) in [5.41, 5.74) is 0.457. The number of phenolic OH excluding ortho intramolecular Hbond substituents is 1. The number of nitrogens with zero attached hydrogens (tertiary/aromatic N) is 1. The third kappa shape index (κ3) is 8.61. The Bertz CT molecular complexity index is 807. The van der Waals surface area contributed by atoms with E-state index in [1.165, 1.54) is 18.0 Å².